The minimum absolute atomic E-state index is 0.0543. The average Bonchev–Trinajstić information content (AvgIpc) is 2.78. The van der Waals surface area contributed by atoms with Gasteiger partial charge in [-0.15, -0.1) is 0 Å². The number of aryl methyl sites for hydroxylation is 1. The highest BCUT2D eigenvalue weighted by Gasteiger charge is 2.12. The third-order valence-corrected chi connectivity index (χ3v) is 5.30. The molecule has 0 atom stereocenters. The maximum atomic E-state index is 11.7. The minimum Gasteiger partial charge on any atom is -0.379 e. The van der Waals surface area contributed by atoms with Crippen molar-refractivity contribution in [3.63, 3.8) is 0 Å². The number of nitrogens with one attached hydrogen (secondary N) is 2. The number of guanidine groups is 1. The number of morpholine rings is 1. The minimum atomic E-state index is 0.0543. The molecule has 1 fully saturated rings. The van der Waals surface area contributed by atoms with Gasteiger partial charge in [-0.2, -0.15) is 0 Å². The van der Waals surface area contributed by atoms with Crippen LogP contribution < -0.4 is 16.2 Å². The summed E-state index contributed by atoms with van der Waals surface area (Å²) in [6, 6.07) is 13.8. The van der Waals surface area contributed by atoms with E-state index in [1.807, 2.05) is 12.3 Å². The number of hydrogen-bond donors (Lipinski definition) is 2. The highest BCUT2D eigenvalue weighted by Crippen LogP contribution is 2.13. The van der Waals surface area contributed by atoms with Gasteiger partial charge in [0.2, 0.25) is 5.56 Å². The highest BCUT2D eigenvalue weighted by atomic mass is 16.5. The van der Waals surface area contributed by atoms with E-state index >= 15 is 0 Å². The van der Waals surface area contributed by atoms with Gasteiger partial charge in [-0.25, -0.2) is 0 Å². The molecule has 0 amide bonds. The smallest absolute Gasteiger partial charge is 0.250 e. The van der Waals surface area contributed by atoms with Gasteiger partial charge in [0.15, 0.2) is 5.96 Å². The van der Waals surface area contributed by atoms with Crippen LogP contribution in [-0.4, -0.2) is 55.3 Å². The van der Waals surface area contributed by atoms with Crippen molar-refractivity contribution < 1.29 is 4.74 Å². The van der Waals surface area contributed by atoms with E-state index in [0.29, 0.717) is 0 Å². The molecule has 2 aromatic rings. The molecule has 1 saturated heterocycles. The Labute approximate surface area is 178 Å². The van der Waals surface area contributed by atoms with Gasteiger partial charge in [0.1, 0.15) is 0 Å². The van der Waals surface area contributed by atoms with Crippen molar-refractivity contribution in [2.75, 3.05) is 39.9 Å². The van der Waals surface area contributed by atoms with Crippen molar-refractivity contribution in [3.8, 4) is 0 Å². The molecule has 30 heavy (non-hydrogen) atoms. The number of rotatable bonds is 9. The van der Waals surface area contributed by atoms with E-state index in [1.165, 1.54) is 11.1 Å². The van der Waals surface area contributed by atoms with E-state index in [2.05, 4.69) is 44.8 Å². The normalized spacial score (nSPS) is 15.2. The Hall–Kier alpha value is -2.64. The van der Waals surface area contributed by atoms with E-state index in [1.54, 1.807) is 23.7 Å². The van der Waals surface area contributed by atoms with E-state index in [4.69, 9.17) is 4.74 Å². The van der Waals surface area contributed by atoms with Crippen LogP contribution in [0.3, 0.4) is 0 Å². The molecule has 2 N–H and O–H groups in total. The van der Waals surface area contributed by atoms with Gasteiger partial charge < -0.3 is 19.9 Å². The van der Waals surface area contributed by atoms with E-state index in [9.17, 15) is 4.79 Å². The molecule has 162 valence electrons. The Morgan fingerprint density at radius 3 is 2.57 bits per heavy atom. The first-order chi connectivity index (χ1) is 14.8. The zero-order chi connectivity index (χ0) is 21.0. The molecule has 1 aliphatic rings. The van der Waals surface area contributed by atoms with E-state index in [-0.39, 0.29) is 5.56 Å². The van der Waals surface area contributed by atoms with Crippen LogP contribution in [0.2, 0.25) is 0 Å². The Bertz CT molecular complexity index is 858. The Balaban J connectivity index is 1.41. The zero-order valence-electron chi connectivity index (χ0n) is 17.8. The summed E-state index contributed by atoms with van der Waals surface area (Å²) in [5.74, 6) is 0.799. The molecular weight excluding hydrogens is 378 g/mol. The fourth-order valence-electron chi connectivity index (χ4n) is 3.54. The first-order valence-corrected chi connectivity index (χ1v) is 10.7. The Morgan fingerprint density at radius 2 is 1.80 bits per heavy atom. The zero-order valence-corrected chi connectivity index (χ0v) is 17.8. The topological polar surface area (TPSA) is 70.9 Å². The average molecular weight is 412 g/mol. The second-order valence-corrected chi connectivity index (χ2v) is 7.45. The number of benzene rings is 1. The summed E-state index contributed by atoms with van der Waals surface area (Å²) < 4.78 is 7.20. The molecule has 0 aliphatic carbocycles. The van der Waals surface area contributed by atoms with Crippen molar-refractivity contribution in [2.45, 2.75) is 32.5 Å². The lowest BCUT2D eigenvalue weighted by molar-refractivity contribution is 0.0341. The van der Waals surface area contributed by atoms with Crippen molar-refractivity contribution in [1.82, 2.24) is 20.1 Å². The van der Waals surface area contributed by atoms with Gasteiger partial charge in [0, 0.05) is 58.6 Å². The number of aromatic nitrogens is 1. The van der Waals surface area contributed by atoms with Crippen molar-refractivity contribution in [3.05, 3.63) is 70.1 Å². The fraction of sp³-hybridized carbons (Fsp3) is 0.478. The molecule has 1 aromatic heterocycles. The third kappa shape index (κ3) is 7.00. The van der Waals surface area contributed by atoms with Crippen LogP contribution in [0.5, 0.6) is 0 Å². The Kier molecular flexibility index (Phi) is 8.93. The van der Waals surface area contributed by atoms with Crippen LogP contribution in [0.25, 0.3) is 0 Å². The van der Waals surface area contributed by atoms with Crippen LogP contribution in [0.1, 0.15) is 24.0 Å². The van der Waals surface area contributed by atoms with Crippen LogP contribution in [-0.2, 0) is 24.4 Å². The van der Waals surface area contributed by atoms with Crippen molar-refractivity contribution in [1.29, 1.82) is 0 Å². The van der Waals surface area contributed by atoms with Crippen molar-refractivity contribution >= 4 is 5.96 Å². The standard InChI is InChI=1S/C23H33N5O2/c1-24-23(25-11-5-7-13-28-12-6-4-10-22(28)29)26-18-20-8-2-3-9-21(20)19-27-14-16-30-17-15-27/h2-4,6,8-10,12H,5,7,11,13-19H2,1H3,(H2,24,25,26). The lowest BCUT2D eigenvalue weighted by Crippen LogP contribution is -2.38. The number of unbranched alkanes of at least 4 members (excludes halogenated alkanes) is 1. The summed E-state index contributed by atoms with van der Waals surface area (Å²) in [7, 11) is 1.79. The molecular formula is C23H33N5O2. The Morgan fingerprint density at radius 1 is 1.03 bits per heavy atom. The quantitative estimate of drug-likeness (QED) is 0.374. The second-order valence-electron chi connectivity index (χ2n) is 7.45. The molecule has 7 heteroatoms. The summed E-state index contributed by atoms with van der Waals surface area (Å²) in [5, 5.41) is 6.79. The lowest BCUT2D eigenvalue weighted by atomic mass is 10.1. The van der Waals surface area contributed by atoms with Gasteiger partial charge in [0.05, 0.1) is 13.2 Å². The molecule has 3 rings (SSSR count). The fourth-order valence-corrected chi connectivity index (χ4v) is 3.54. The molecule has 2 heterocycles. The number of ether oxygens (including phenoxy) is 1. The van der Waals surface area contributed by atoms with Gasteiger partial charge in [0.25, 0.3) is 0 Å². The third-order valence-electron chi connectivity index (χ3n) is 5.30. The van der Waals surface area contributed by atoms with Gasteiger partial charge in [-0.05, 0) is 30.0 Å². The highest BCUT2D eigenvalue weighted by molar-refractivity contribution is 5.79. The molecule has 1 aliphatic heterocycles. The molecule has 0 saturated carbocycles. The first kappa shape index (κ1) is 22.1. The molecule has 0 radical (unpaired) electrons. The summed E-state index contributed by atoms with van der Waals surface area (Å²) in [4.78, 5) is 18.5. The largest absolute Gasteiger partial charge is 0.379 e. The van der Waals surface area contributed by atoms with E-state index in [0.717, 1.165) is 71.3 Å². The molecule has 1 aromatic carbocycles. The summed E-state index contributed by atoms with van der Waals surface area (Å²) in [5.41, 5.74) is 2.68. The van der Waals surface area contributed by atoms with E-state index < -0.39 is 0 Å². The number of hydrogen-bond acceptors (Lipinski definition) is 4. The van der Waals surface area contributed by atoms with Crippen LogP contribution in [0, 0.1) is 0 Å². The van der Waals surface area contributed by atoms with Gasteiger partial charge in [-0.1, -0.05) is 30.3 Å². The summed E-state index contributed by atoms with van der Waals surface area (Å²) in [6.45, 7) is 6.84. The predicted octanol–water partition coefficient (Wildman–Crippen LogP) is 1.83. The predicted molar refractivity (Wildman–Crippen MR) is 121 cm³/mol. The molecule has 0 bridgehead atoms. The number of aliphatic imine (C=N–C) groups is 1. The number of pyridine rings is 1. The summed E-state index contributed by atoms with van der Waals surface area (Å²) >= 11 is 0. The monoisotopic (exact) mass is 411 g/mol. The van der Waals surface area contributed by atoms with Crippen LogP contribution >= 0.6 is 0 Å². The van der Waals surface area contributed by atoms with Gasteiger partial charge >= 0.3 is 0 Å². The first-order valence-electron chi connectivity index (χ1n) is 10.7. The maximum absolute atomic E-state index is 11.7. The van der Waals surface area contributed by atoms with Crippen LogP contribution in [0.4, 0.5) is 0 Å². The molecule has 7 nitrogen and oxygen atoms in total. The van der Waals surface area contributed by atoms with Gasteiger partial charge in [-0.3, -0.25) is 14.7 Å². The van der Waals surface area contributed by atoms with Crippen molar-refractivity contribution in [2.24, 2.45) is 4.99 Å². The summed E-state index contributed by atoms with van der Waals surface area (Å²) in [6.07, 6.45) is 3.75. The molecule has 0 unspecified atom stereocenters. The SMILES string of the molecule is CN=C(NCCCCn1ccccc1=O)NCc1ccccc1CN1CCOCC1. The second kappa shape index (κ2) is 12.1. The lowest BCUT2D eigenvalue weighted by Gasteiger charge is -2.27. The molecule has 0 spiro atoms. The number of nitrogens with zero attached hydrogens (tertiary/aromatic N) is 3. The maximum Gasteiger partial charge on any atom is 0.250 e. The van der Waals surface area contributed by atoms with Crippen LogP contribution in [0.15, 0.2) is 58.4 Å².